The number of cyclic esters (lactones) is 1. The van der Waals surface area contributed by atoms with Gasteiger partial charge in [-0.2, -0.15) is 0 Å². The lowest BCUT2D eigenvalue weighted by Crippen LogP contribution is -2.23. The van der Waals surface area contributed by atoms with Crippen molar-refractivity contribution in [1.82, 2.24) is 4.90 Å². The molecule has 1 atom stereocenters. The van der Waals surface area contributed by atoms with Crippen LogP contribution in [-0.2, 0) is 11.3 Å². The third-order valence-corrected chi connectivity index (χ3v) is 4.47. The number of hydrogen-bond donors (Lipinski definition) is 0. The van der Waals surface area contributed by atoms with E-state index in [1.54, 1.807) is 18.2 Å². The maximum Gasteiger partial charge on any atom is 0.573 e. The van der Waals surface area contributed by atoms with Gasteiger partial charge in [-0.15, -0.1) is 13.2 Å². The van der Waals surface area contributed by atoms with Crippen molar-refractivity contribution < 1.29 is 27.4 Å². The third-order valence-electron chi connectivity index (χ3n) is 3.73. The minimum atomic E-state index is -4.74. The van der Waals surface area contributed by atoms with Gasteiger partial charge in [-0.05, 0) is 35.4 Å². The van der Waals surface area contributed by atoms with Crippen molar-refractivity contribution in [3.05, 3.63) is 63.6 Å². The maximum atomic E-state index is 12.2. The van der Waals surface area contributed by atoms with Crippen LogP contribution in [0.15, 0.2) is 42.5 Å². The van der Waals surface area contributed by atoms with Gasteiger partial charge in [0.25, 0.3) is 0 Å². The number of carbonyl (C=O) groups excluding carboxylic acids is 1. The van der Waals surface area contributed by atoms with E-state index in [-0.39, 0.29) is 18.8 Å². The number of ether oxygens (including phenoxy) is 2. The Bertz CT molecular complexity index is 812. The summed E-state index contributed by atoms with van der Waals surface area (Å²) in [5.74, 6) is -0.320. The van der Waals surface area contributed by atoms with E-state index in [1.807, 2.05) is 0 Å². The number of amides is 1. The number of nitrogens with zero attached hydrogens (tertiary/aromatic N) is 1. The summed E-state index contributed by atoms with van der Waals surface area (Å²) in [5, 5.41) is 0.761. The molecule has 1 amide bonds. The molecule has 0 bridgehead atoms. The zero-order chi connectivity index (χ0) is 18.9. The molecular weight excluding hydrogens is 394 g/mol. The third kappa shape index (κ3) is 4.53. The van der Waals surface area contributed by atoms with Crippen molar-refractivity contribution in [3.63, 3.8) is 0 Å². The molecule has 9 heteroatoms. The molecule has 1 heterocycles. The number of benzene rings is 2. The standard InChI is InChI=1S/C17H12Cl2F3NO3/c18-13-6-3-11(7-14(13)19)15-9-23(16(24)25-15)8-10-1-4-12(5-2-10)26-17(20,21)22/h1-7,15H,8-9H2. The second kappa shape index (κ2) is 7.25. The van der Waals surface area contributed by atoms with Crippen LogP contribution in [0.1, 0.15) is 17.2 Å². The zero-order valence-corrected chi connectivity index (χ0v) is 14.6. The summed E-state index contributed by atoms with van der Waals surface area (Å²) in [6.45, 7) is 0.487. The Hall–Kier alpha value is -2.12. The highest BCUT2D eigenvalue weighted by atomic mass is 35.5. The summed E-state index contributed by atoms with van der Waals surface area (Å²) in [6, 6.07) is 10.3. The van der Waals surface area contributed by atoms with Gasteiger partial charge in [0.1, 0.15) is 11.9 Å². The molecule has 0 saturated carbocycles. The Morgan fingerprint density at radius 2 is 1.81 bits per heavy atom. The lowest BCUT2D eigenvalue weighted by Gasteiger charge is -2.14. The topological polar surface area (TPSA) is 38.8 Å². The van der Waals surface area contributed by atoms with E-state index >= 15 is 0 Å². The van der Waals surface area contributed by atoms with E-state index in [1.165, 1.54) is 29.2 Å². The number of hydrogen-bond acceptors (Lipinski definition) is 3. The quantitative estimate of drug-likeness (QED) is 0.665. The van der Waals surface area contributed by atoms with Crippen molar-refractivity contribution in [2.75, 3.05) is 6.54 Å². The van der Waals surface area contributed by atoms with E-state index in [0.29, 0.717) is 21.2 Å². The normalized spacial score (nSPS) is 17.3. The number of carbonyl (C=O) groups is 1. The van der Waals surface area contributed by atoms with Gasteiger partial charge in [0.15, 0.2) is 0 Å². The molecule has 3 rings (SSSR count). The average molecular weight is 406 g/mol. The molecule has 2 aromatic carbocycles. The molecule has 4 nitrogen and oxygen atoms in total. The molecule has 0 aromatic heterocycles. The predicted octanol–water partition coefficient (Wildman–Crippen LogP) is 5.59. The molecule has 1 fully saturated rings. The lowest BCUT2D eigenvalue weighted by molar-refractivity contribution is -0.274. The molecule has 0 radical (unpaired) electrons. The van der Waals surface area contributed by atoms with Gasteiger partial charge in [0.05, 0.1) is 16.6 Å². The first kappa shape index (κ1) is 18.7. The first-order valence-corrected chi connectivity index (χ1v) is 8.22. The first-order chi connectivity index (χ1) is 12.2. The van der Waals surface area contributed by atoms with Crippen LogP contribution in [0.3, 0.4) is 0 Å². The Balaban J connectivity index is 1.65. The monoisotopic (exact) mass is 405 g/mol. The van der Waals surface area contributed by atoms with Crippen molar-refractivity contribution in [2.45, 2.75) is 19.0 Å². The van der Waals surface area contributed by atoms with Crippen LogP contribution in [0, 0.1) is 0 Å². The van der Waals surface area contributed by atoms with Gasteiger partial charge in [-0.25, -0.2) is 4.79 Å². The fourth-order valence-electron chi connectivity index (χ4n) is 2.54. The molecule has 1 aliphatic heterocycles. The van der Waals surface area contributed by atoms with Crippen molar-refractivity contribution in [3.8, 4) is 5.75 Å². The summed E-state index contributed by atoms with van der Waals surface area (Å²) < 4.78 is 45.7. The van der Waals surface area contributed by atoms with Crippen molar-refractivity contribution in [1.29, 1.82) is 0 Å². The van der Waals surface area contributed by atoms with Crippen LogP contribution >= 0.6 is 23.2 Å². The average Bonchev–Trinajstić information content (AvgIpc) is 2.91. The molecule has 1 saturated heterocycles. The molecule has 1 unspecified atom stereocenters. The summed E-state index contributed by atoms with van der Waals surface area (Å²) in [7, 11) is 0. The first-order valence-electron chi connectivity index (χ1n) is 7.46. The molecule has 26 heavy (non-hydrogen) atoms. The number of halogens is 5. The lowest BCUT2D eigenvalue weighted by atomic mass is 10.1. The van der Waals surface area contributed by atoms with Crippen LogP contribution < -0.4 is 4.74 Å². The van der Waals surface area contributed by atoms with Gasteiger partial charge in [0, 0.05) is 6.54 Å². The van der Waals surface area contributed by atoms with E-state index in [0.717, 1.165) is 0 Å². The van der Waals surface area contributed by atoms with E-state index < -0.39 is 18.6 Å². The molecule has 1 aliphatic rings. The van der Waals surface area contributed by atoms with E-state index in [4.69, 9.17) is 27.9 Å². The minimum Gasteiger partial charge on any atom is -0.439 e. The number of alkyl halides is 3. The zero-order valence-electron chi connectivity index (χ0n) is 13.1. The van der Waals surface area contributed by atoms with Crippen LogP contribution in [0.5, 0.6) is 5.75 Å². The van der Waals surface area contributed by atoms with Crippen LogP contribution in [0.25, 0.3) is 0 Å². The second-order valence-corrected chi connectivity index (χ2v) is 6.43. The summed E-state index contributed by atoms with van der Waals surface area (Å²) >= 11 is 11.9. The molecule has 2 aromatic rings. The van der Waals surface area contributed by atoms with E-state index in [9.17, 15) is 18.0 Å². The maximum absolute atomic E-state index is 12.2. The Morgan fingerprint density at radius 3 is 2.42 bits per heavy atom. The smallest absolute Gasteiger partial charge is 0.439 e. The van der Waals surface area contributed by atoms with Crippen molar-refractivity contribution in [2.24, 2.45) is 0 Å². The van der Waals surface area contributed by atoms with Gasteiger partial charge in [0.2, 0.25) is 0 Å². The Morgan fingerprint density at radius 1 is 1.12 bits per heavy atom. The Kier molecular flexibility index (Phi) is 5.20. The highest BCUT2D eigenvalue weighted by Gasteiger charge is 2.33. The predicted molar refractivity (Wildman–Crippen MR) is 89.2 cm³/mol. The van der Waals surface area contributed by atoms with Crippen molar-refractivity contribution >= 4 is 29.3 Å². The SMILES string of the molecule is O=C1OC(c2ccc(Cl)c(Cl)c2)CN1Cc1ccc(OC(F)(F)F)cc1. The largest absolute Gasteiger partial charge is 0.573 e. The summed E-state index contributed by atoms with van der Waals surface area (Å²) in [6.07, 6.45) is -5.75. The molecule has 0 spiro atoms. The van der Waals surface area contributed by atoms with Crippen LogP contribution in [-0.4, -0.2) is 23.9 Å². The highest BCUT2D eigenvalue weighted by molar-refractivity contribution is 6.42. The molecule has 0 N–H and O–H groups in total. The van der Waals surface area contributed by atoms with Crippen LogP contribution in [0.2, 0.25) is 10.0 Å². The molecule has 0 aliphatic carbocycles. The molecular formula is C17H12Cl2F3NO3. The number of rotatable bonds is 4. The van der Waals surface area contributed by atoms with Gasteiger partial charge in [-0.3, -0.25) is 4.90 Å². The van der Waals surface area contributed by atoms with Gasteiger partial charge < -0.3 is 9.47 Å². The fraction of sp³-hybridized carbons (Fsp3) is 0.235. The summed E-state index contributed by atoms with van der Waals surface area (Å²) in [4.78, 5) is 13.5. The minimum absolute atomic E-state index is 0.197. The summed E-state index contributed by atoms with van der Waals surface area (Å²) in [5.41, 5.74) is 1.36. The van der Waals surface area contributed by atoms with Gasteiger partial charge >= 0.3 is 12.5 Å². The highest BCUT2D eigenvalue weighted by Crippen LogP contribution is 2.32. The van der Waals surface area contributed by atoms with E-state index in [2.05, 4.69) is 4.74 Å². The van der Waals surface area contributed by atoms with Gasteiger partial charge in [-0.1, -0.05) is 41.4 Å². The fourth-order valence-corrected chi connectivity index (χ4v) is 2.85. The van der Waals surface area contributed by atoms with Crippen LogP contribution in [0.4, 0.5) is 18.0 Å². The Labute approximate surface area is 157 Å². The second-order valence-electron chi connectivity index (χ2n) is 5.62. The molecule has 138 valence electrons.